The Morgan fingerprint density at radius 2 is 1.94 bits per heavy atom. The van der Waals surface area contributed by atoms with Crippen LogP contribution in [0.3, 0.4) is 0 Å². The summed E-state index contributed by atoms with van der Waals surface area (Å²) in [5.74, 6) is 1.73. The van der Waals surface area contributed by atoms with Crippen molar-refractivity contribution >= 4 is 11.5 Å². The van der Waals surface area contributed by atoms with Crippen LogP contribution in [-0.2, 0) is 13.5 Å². The molecule has 18 heavy (non-hydrogen) atoms. The number of nitrogens with two attached hydrogens (primary N) is 1. The van der Waals surface area contributed by atoms with E-state index in [1.54, 1.807) is 0 Å². The van der Waals surface area contributed by atoms with E-state index < -0.39 is 0 Å². The third kappa shape index (κ3) is 3.18. The Kier molecular flexibility index (Phi) is 5.05. The fourth-order valence-electron chi connectivity index (χ4n) is 2.47. The third-order valence-electron chi connectivity index (χ3n) is 3.42. The maximum absolute atomic E-state index is 6.23. The fraction of sp³-hybridized carbons (Fsp3) is 0.786. The lowest BCUT2D eigenvalue weighted by Crippen LogP contribution is -2.32. The van der Waals surface area contributed by atoms with E-state index in [1.165, 1.54) is 0 Å². The monoisotopic (exact) mass is 252 g/mol. The molecule has 0 fully saturated rings. The van der Waals surface area contributed by atoms with Crippen LogP contribution < -0.4 is 10.6 Å². The Morgan fingerprint density at radius 3 is 2.44 bits per heavy atom. The lowest BCUT2D eigenvalue weighted by Gasteiger charge is -2.28. The van der Waals surface area contributed by atoms with Crippen molar-refractivity contribution in [1.82, 2.24) is 9.78 Å². The molecule has 0 bridgehead atoms. The number of aromatic nitrogens is 2. The smallest absolute Gasteiger partial charge is 0.150 e. The number of anilines is 2. The van der Waals surface area contributed by atoms with Crippen molar-refractivity contribution in [3.05, 3.63) is 5.69 Å². The van der Waals surface area contributed by atoms with Gasteiger partial charge in [0.1, 0.15) is 5.82 Å². The zero-order chi connectivity index (χ0) is 13.9. The zero-order valence-electron chi connectivity index (χ0n) is 12.7. The van der Waals surface area contributed by atoms with Crippen LogP contribution in [-0.4, -0.2) is 22.9 Å². The molecule has 0 spiro atoms. The molecule has 0 aliphatic heterocycles. The maximum atomic E-state index is 6.23. The number of hydrogen-bond acceptors (Lipinski definition) is 3. The largest absolute Gasteiger partial charge is 0.394 e. The predicted octanol–water partition coefficient (Wildman–Crippen LogP) is 2.83. The summed E-state index contributed by atoms with van der Waals surface area (Å²) in [5, 5.41) is 4.53. The van der Waals surface area contributed by atoms with Gasteiger partial charge in [0.2, 0.25) is 0 Å². The maximum Gasteiger partial charge on any atom is 0.150 e. The molecule has 0 amide bonds. The molecule has 1 unspecified atom stereocenters. The van der Waals surface area contributed by atoms with Crippen LogP contribution in [0.2, 0.25) is 0 Å². The molecule has 1 atom stereocenters. The first-order valence-electron chi connectivity index (χ1n) is 6.92. The Bertz CT molecular complexity index is 381. The molecule has 104 valence electrons. The van der Waals surface area contributed by atoms with Gasteiger partial charge in [-0.2, -0.15) is 5.10 Å². The average molecular weight is 252 g/mol. The van der Waals surface area contributed by atoms with Gasteiger partial charge in [-0.15, -0.1) is 0 Å². The van der Waals surface area contributed by atoms with Gasteiger partial charge in [-0.25, -0.2) is 0 Å². The predicted molar refractivity (Wildman–Crippen MR) is 78.9 cm³/mol. The van der Waals surface area contributed by atoms with Crippen molar-refractivity contribution < 1.29 is 0 Å². The van der Waals surface area contributed by atoms with Gasteiger partial charge < -0.3 is 10.6 Å². The van der Waals surface area contributed by atoms with Crippen molar-refractivity contribution in [1.29, 1.82) is 0 Å². The summed E-state index contributed by atoms with van der Waals surface area (Å²) in [6.07, 6.45) is 3.18. The normalized spacial score (nSPS) is 13.1. The Balaban J connectivity index is 2.94. The first-order valence-corrected chi connectivity index (χ1v) is 6.92. The number of nitrogens with zero attached hydrogens (tertiary/aromatic N) is 3. The number of hydrogen-bond donors (Lipinski definition) is 1. The van der Waals surface area contributed by atoms with E-state index in [-0.39, 0.29) is 0 Å². The first kappa shape index (κ1) is 14.9. The van der Waals surface area contributed by atoms with Gasteiger partial charge in [-0.05, 0) is 25.7 Å². The molecule has 2 N–H and O–H groups in total. The molecule has 0 radical (unpaired) electrons. The minimum atomic E-state index is 0.470. The SMILES string of the molecule is CCCc1nn(C)c(N(C)C(C)CC(C)C)c1N. The molecule has 0 aliphatic carbocycles. The van der Waals surface area contributed by atoms with Crippen LogP contribution in [0.15, 0.2) is 0 Å². The third-order valence-corrected chi connectivity index (χ3v) is 3.42. The zero-order valence-corrected chi connectivity index (χ0v) is 12.7. The van der Waals surface area contributed by atoms with Crippen molar-refractivity contribution in [3.8, 4) is 0 Å². The van der Waals surface area contributed by atoms with Crippen molar-refractivity contribution in [3.63, 3.8) is 0 Å². The average Bonchev–Trinajstić information content (AvgIpc) is 2.53. The quantitative estimate of drug-likeness (QED) is 0.847. The highest BCUT2D eigenvalue weighted by Gasteiger charge is 2.20. The molecule has 1 heterocycles. The highest BCUT2D eigenvalue weighted by molar-refractivity contribution is 5.66. The molecule has 0 saturated heterocycles. The summed E-state index contributed by atoms with van der Waals surface area (Å²) in [4.78, 5) is 2.25. The molecule has 0 aliphatic rings. The van der Waals surface area contributed by atoms with Gasteiger partial charge in [0.25, 0.3) is 0 Å². The van der Waals surface area contributed by atoms with E-state index in [1.807, 2.05) is 11.7 Å². The van der Waals surface area contributed by atoms with Crippen LogP contribution in [0.25, 0.3) is 0 Å². The van der Waals surface area contributed by atoms with Crippen LogP contribution in [0.1, 0.15) is 46.2 Å². The van der Waals surface area contributed by atoms with Gasteiger partial charge in [0, 0.05) is 20.1 Å². The molecule has 4 heteroatoms. The topological polar surface area (TPSA) is 47.1 Å². The first-order chi connectivity index (χ1) is 8.38. The molecular formula is C14H28N4. The summed E-state index contributed by atoms with van der Waals surface area (Å²) in [6, 6.07) is 0.470. The molecule has 1 aromatic heterocycles. The molecule has 1 rings (SSSR count). The number of nitrogen functional groups attached to an aromatic ring is 1. The fourth-order valence-corrected chi connectivity index (χ4v) is 2.47. The Labute approximate surface area is 111 Å². The minimum Gasteiger partial charge on any atom is -0.394 e. The van der Waals surface area contributed by atoms with Crippen LogP contribution in [0, 0.1) is 5.92 Å². The van der Waals surface area contributed by atoms with Gasteiger partial charge in [0.05, 0.1) is 11.4 Å². The van der Waals surface area contributed by atoms with Crippen molar-refractivity contribution in [2.75, 3.05) is 17.7 Å². The molecule has 0 aromatic carbocycles. The van der Waals surface area contributed by atoms with E-state index in [9.17, 15) is 0 Å². The summed E-state index contributed by atoms with van der Waals surface area (Å²) in [7, 11) is 4.08. The molecular weight excluding hydrogens is 224 g/mol. The van der Waals surface area contributed by atoms with E-state index in [0.717, 1.165) is 36.5 Å². The molecule has 1 aromatic rings. The lowest BCUT2D eigenvalue weighted by atomic mass is 10.0. The van der Waals surface area contributed by atoms with E-state index >= 15 is 0 Å². The van der Waals surface area contributed by atoms with Gasteiger partial charge in [-0.1, -0.05) is 27.2 Å². The minimum absolute atomic E-state index is 0.470. The highest BCUT2D eigenvalue weighted by atomic mass is 15.4. The highest BCUT2D eigenvalue weighted by Crippen LogP contribution is 2.28. The van der Waals surface area contributed by atoms with Crippen molar-refractivity contribution in [2.24, 2.45) is 13.0 Å². The lowest BCUT2D eigenvalue weighted by molar-refractivity contribution is 0.497. The number of aryl methyl sites for hydroxylation is 2. The van der Waals surface area contributed by atoms with Crippen LogP contribution in [0.4, 0.5) is 11.5 Å². The molecule has 4 nitrogen and oxygen atoms in total. The van der Waals surface area contributed by atoms with Gasteiger partial charge in [0.15, 0.2) is 0 Å². The second-order valence-corrected chi connectivity index (χ2v) is 5.65. The molecule has 0 saturated carbocycles. The summed E-state index contributed by atoms with van der Waals surface area (Å²) >= 11 is 0. The summed E-state index contributed by atoms with van der Waals surface area (Å²) in [5.41, 5.74) is 8.11. The second-order valence-electron chi connectivity index (χ2n) is 5.65. The second kappa shape index (κ2) is 6.12. The Morgan fingerprint density at radius 1 is 1.33 bits per heavy atom. The standard InChI is InChI=1S/C14H28N4/c1-7-8-12-13(15)14(18(6)16-12)17(5)11(4)9-10(2)3/h10-11H,7-9,15H2,1-6H3. The summed E-state index contributed by atoms with van der Waals surface area (Å²) in [6.45, 7) is 8.89. The van der Waals surface area contributed by atoms with E-state index in [4.69, 9.17) is 5.73 Å². The van der Waals surface area contributed by atoms with Crippen molar-refractivity contribution in [2.45, 2.75) is 53.0 Å². The van der Waals surface area contributed by atoms with Gasteiger partial charge in [-0.3, -0.25) is 4.68 Å². The van der Waals surface area contributed by atoms with Crippen LogP contribution in [0.5, 0.6) is 0 Å². The summed E-state index contributed by atoms with van der Waals surface area (Å²) < 4.78 is 1.91. The van der Waals surface area contributed by atoms with E-state index in [0.29, 0.717) is 12.0 Å². The Hall–Kier alpha value is -1.19. The number of rotatable bonds is 6. The van der Waals surface area contributed by atoms with Crippen LogP contribution >= 0.6 is 0 Å². The van der Waals surface area contributed by atoms with Gasteiger partial charge >= 0.3 is 0 Å². The van der Waals surface area contributed by atoms with E-state index in [2.05, 4.69) is 44.7 Å².